The molecule has 94 valence electrons. The van der Waals surface area contributed by atoms with Gasteiger partial charge in [-0.15, -0.1) is 0 Å². The van der Waals surface area contributed by atoms with Gasteiger partial charge in [-0.2, -0.15) is 0 Å². The molecule has 0 radical (unpaired) electrons. The molecule has 1 N–H and O–H groups in total. The van der Waals surface area contributed by atoms with Crippen molar-refractivity contribution < 1.29 is 18.7 Å². The van der Waals surface area contributed by atoms with Gasteiger partial charge in [-0.1, -0.05) is 12.1 Å². The second kappa shape index (κ2) is 5.77. The van der Waals surface area contributed by atoms with Gasteiger partial charge < -0.3 is 13.9 Å². The van der Waals surface area contributed by atoms with Gasteiger partial charge in [0, 0.05) is 0 Å². The van der Waals surface area contributed by atoms with Gasteiger partial charge in [0.1, 0.15) is 11.5 Å². The summed E-state index contributed by atoms with van der Waals surface area (Å²) in [5, 5.41) is 2.60. The number of hydrogen-bond donors (Lipinski definition) is 1. The van der Waals surface area contributed by atoms with Gasteiger partial charge in [0.25, 0.3) is 0 Å². The number of carbonyl (C=O) groups excluding carboxylic acids is 1. The fourth-order valence-corrected chi connectivity index (χ4v) is 1.43. The van der Waals surface area contributed by atoms with E-state index in [1.54, 1.807) is 30.3 Å². The summed E-state index contributed by atoms with van der Waals surface area (Å²) >= 11 is 0. The molecule has 1 heterocycles. The first-order chi connectivity index (χ1) is 8.79. The molecule has 2 aromatic rings. The molecule has 0 aliphatic heterocycles. The van der Waals surface area contributed by atoms with Crippen LogP contribution in [-0.4, -0.2) is 13.2 Å². The minimum atomic E-state index is -0.559. The van der Waals surface area contributed by atoms with Crippen molar-refractivity contribution in [1.29, 1.82) is 0 Å². The number of hydrogen-bond acceptors (Lipinski definition) is 4. The molecule has 5 heteroatoms. The second-order valence-corrected chi connectivity index (χ2v) is 3.48. The predicted molar refractivity (Wildman–Crippen MR) is 65.5 cm³/mol. The van der Waals surface area contributed by atoms with Crippen molar-refractivity contribution >= 4 is 11.8 Å². The Morgan fingerprint density at radius 2 is 2.11 bits per heavy atom. The zero-order chi connectivity index (χ0) is 12.8. The molecule has 0 unspecified atom stereocenters. The molecule has 0 saturated heterocycles. The molecule has 0 bridgehead atoms. The Morgan fingerprint density at radius 1 is 1.28 bits per heavy atom. The molecule has 0 fully saturated rings. The van der Waals surface area contributed by atoms with E-state index in [1.165, 1.54) is 13.4 Å². The number of furan rings is 1. The topological polar surface area (TPSA) is 60.7 Å². The number of nitrogens with one attached hydrogen (secondary N) is 1. The highest BCUT2D eigenvalue weighted by Crippen LogP contribution is 2.23. The highest BCUT2D eigenvalue weighted by Gasteiger charge is 2.08. The normalized spacial score (nSPS) is 9.83. The fraction of sp³-hybridized carbons (Fsp3) is 0.154. The average molecular weight is 247 g/mol. The molecule has 0 aliphatic rings. The van der Waals surface area contributed by atoms with Crippen LogP contribution in [0, 0.1) is 0 Å². The van der Waals surface area contributed by atoms with Gasteiger partial charge in [-0.05, 0) is 24.3 Å². The Hall–Kier alpha value is -2.43. The van der Waals surface area contributed by atoms with Crippen LogP contribution in [0.5, 0.6) is 5.75 Å². The average Bonchev–Trinajstić information content (AvgIpc) is 2.90. The van der Waals surface area contributed by atoms with Crippen molar-refractivity contribution in [1.82, 2.24) is 0 Å². The van der Waals surface area contributed by atoms with Gasteiger partial charge >= 0.3 is 6.09 Å². The number of carbonyl (C=O) groups is 1. The van der Waals surface area contributed by atoms with Crippen molar-refractivity contribution in [3.63, 3.8) is 0 Å². The number of benzene rings is 1. The standard InChI is InChI=1S/C13H13NO4/c1-16-12-7-3-2-6-11(12)14-13(15)18-9-10-5-4-8-17-10/h2-8H,9H2,1H3,(H,14,15). The van der Waals surface area contributed by atoms with Crippen molar-refractivity contribution in [3.05, 3.63) is 48.4 Å². The predicted octanol–water partition coefficient (Wildman–Crippen LogP) is 3.04. The Labute approximate surface area is 104 Å². The largest absolute Gasteiger partial charge is 0.495 e. The van der Waals surface area contributed by atoms with Crippen molar-refractivity contribution in [2.75, 3.05) is 12.4 Å². The monoisotopic (exact) mass is 247 g/mol. The Bertz CT molecular complexity index is 507. The smallest absolute Gasteiger partial charge is 0.412 e. The molecule has 2 rings (SSSR count). The molecule has 18 heavy (non-hydrogen) atoms. The fourth-order valence-electron chi connectivity index (χ4n) is 1.43. The summed E-state index contributed by atoms with van der Waals surface area (Å²) in [7, 11) is 1.54. The van der Waals surface area contributed by atoms with Gasteiger partial charge in [0.15, 0.2) is 6.61 Å². The summed E-state index contributed by atoms with van der Waals surface area (Å²) in [5.41, 5.74) is 0.560. The van der Waals surface area contributed by atoms with Gasteiger partial charge in [-0.3, -0.25) is 5.32 Å². The van der Waals surface area contributed by atoms with Gasteiger partial charge in [-0.25, -0.2) is 4.79 Å². The molecule has 1 aromatic carbocycles. The van der Waals surface area contributed by atoms with Crippen molar-refractivity contribution in [2.24, 2.45) is 0 Å². The van der Waals surface area contributed by atoms with Crippen LogP contribution in [0.3, 0.4) is 0 Å². The van der Waals surface area contributed by atoms with Crippen LogP contribution >= 0.6 is 0 Å². The van der Waals surface area contributed by atoms with E-state index in [-0.39, 0.29) is 6.61 Å². The van der Waals surface area contributed by atoms with E-state index in [2.05, 4.69) is 5.32 Å². The second-order valence-electron chi connectivity index (χ2n) is 3.48. The molecule has 0 spiro atoms. The third-order valence-corrected chi connectivity index (χ3v) is 2.27. The maximum absolute atomic E-state index is 11.5. The van der Waals surface area contributed by atoms with E-state index in [9.17, 15) is 4.79 Å². The summed E-state index contributed by atoms with van der Waals surface area (Å²) < 4.78 is 15.1. The summed E-state index contributed by atoms with van der Waals surface area (Å²) in [6.45, 7) is 0.0913. The first kappa shape index (κ1) is 12.0. The molecule has 0 saturated carbocycles. The van der Waals surface area contributed by atoms with E-state index in [1.807, 2.05) is 6.07 Å². The molecular weight excluding hydrogens is 234 g/mol. The summed E-state index contributed by atoms with van der Waals surface area (Å²) in [5.74, 6) is 1.16. The van der Waals surface area contributed by atoms with Crippen LogP contribution in [0.2, 0.25) is 0 Å². The molecule has 1 aromatic heterocycles. The van der Waals surface area contributed by atoms with Crippen molar-refractivity contribution in [2.45, 2.75) is 6.61 Å². The van der Waals surface area contributed by atoms with E-state index < -0.39 is 6.09 Å². The zero-order valence-corrected chi connectivity index (χ0v) is 9.88. The molecular formula is C13H13NO4. The zero-order valence-electron chi connectivity index (χ0n) is 9.88. The minimum Gasteiger partial charge on any atom is -0.495 e. The number of rotatable bonds is 4. The summed E-state index contributed by atoms with van der Waals surface area (Å²) in [6, 6.07) is 10.6. The number of para-hydroxylation sites is 2. The molecule has 0 atom stereocenters. The van der Waals surface area contributed by atoms with Crippen molar-refractivity contribution in [3.8, 4) is 5.75 Å². The summed E-state index contributed by atoms with van der Waals surface area (Å²) in [6.07, 6.45) is 0.965. The van der Waals surface area contributed by atoms with Gasteiger partial charge in [0.2, 0.25) is 0 Å². The maximum atomic E-state index is 11.5. The van der Waals surface area contributed by atoms with E-state index in [0.29, 0.717) is 17.2 Å². The highest BCUT2D eigenvalue weighted by molar-refractivity contribution is 5.86. The van der Waals surface area contributed by atoms with Crippen LogP contribution in [0.1, 0.15) is 5.76 Å². The van der Waals surface area contributed by atoms with Gasteiger partial charge in [0.05, 0.1) is 19.1 Å². The number of amides is 1. The van der Waals surface area contributed by atoms with Crippen LogP contribution in [0.15, 0.2) is 47.1 Å². The summed E-state index contributed by atoms with van der Waals surface area (Å²) in [4.78, 5) is 11.5. The van der Waals surface area contributed by atoms with E-state index in [0.717, 1.165) is 0 Å². The lowest BCUT2D eigenvalue weighted by Crippen LogP contribution is -2.13. The third kappa shape index (κ3) is 3.04. The third-order valence-electron chi connectivity index (χ3n) is 2.27. The number of ether oxygens (including phenoxy) is 2. The number of methoxy groups -OCH3 is 1. The molecule has 0 aliphatic carbocycles. The van der Waals surface area contributed by atoms with E-state index >= 15 is 0 Å². The lowest BCUT2D eigenvalue weighted by Gasteiger charge is -2.09. The molecule has 5 nitrogen and oxygen atoms in total. The van der Waals surface area contributed by atoms with E-state index in [4.69, 9.17) is 13.9 Å². The van der Waals surface area contributed by atoms with Crippen LogP contribution < -0.4 is 10.1 Å². The lowest BCUT2D eigenvalue weighted by molar-refractivity contribution is 0.146. The Kier molecular flexibility index (Phi) is 3.86. The van der Waals surface area contributed by atoms with Crippen LogP contribution in [0.25, 0.3) is 0 Å². The van der Waals surface area contributed by atoms with Crippen LogP contribution in [-0.2, 0) is 11.3 Å². The maximum Gasteiger partial charge on any atom is 0.412 e. The minimum absolute atomic E-state index is 0.0913. The quantitative estimate of drug-likeness (QED) is 0.902. The lowest BCUT2D eigenvalue weighted by atomic mass is 10.3. The SMILES string of the molecule is COc1ccccc1NC(=O)OCc1ccco1. The Balaban J connectivity index is 1.90. The number of anilines is 1. The highest BCUT2D eigenvalue weighted by atomic mass is 16.6. The molecule has 1 amide bonds. The first-order valence-electron chi connectivity index (χ1n) is 5.39. The first-order valence-corrected chi connectivity index (χ1v) is 5.39. The van der Waals surface area contributed by atoms with Crippen LogP contribution in [0.4, 0.5) is 10.5 Å². The Morgan fingerprint density at radius 3 is 2.83 bits per heavy atom.